The highest BCUT2D eigenvalue weighted by Crippen LogP contribution is 2.38. The minimum Gasteiger partial charge on any atom is -0.361 e. The minimum absolute atomic E-state index is 0.0405. The summed E-state index contributed by atoms with van der Waals surface area (Å²) < 4.78 is 39.9. The fourth-order valence-electron chi connectivity index (χ4n) is 4.01. The Morgan fingerprint density at radius 3 is 2.62 bits per heavy atom. The molecule has 152 valence electrons. The van der Waals surface area contributed by atoms with E-state index in [1.807, 2.05) is 6.07 Å². The molecule has 4 rings (SSSR count). The molecule has 0 spiro atoms. The number of hydrogen-bond acceptors (Lipinski definition) is 1. The van der Waals surface area contributed by atoms with E-state index in [9.17, 15) is 18.0 Å². The summed E-state index contributed by atoms with van der Waals surface area (Å²) in [6.45, 7) is 1.40. The van der Waals surface area contributed by atoms with Crippen molar-refractivity contribution in [3.05, 3.63) is 70.4 Å². The summed E-state index contributed by atoms with van der Waals surface area (Å²) in [5, 5.41) is 1.35. The summed E-state index contributed by atoms with van der Waals surface area (Å²) in [6.07, 6.45) is -0.641. The molecule has 2 aromatic carbocycles. The minimum atomic E-state index is -4.44. The summed E-state index contributed by atoms with van der Waals surface area (Å²) in [5.74, 6) is -0.543. The van der Waals surface area contributed by atoms with Gasteiger partial charge in [-0.05, 0) is 48.2 Å². The van der Waals surface area contributed by atoms with E-state index in [0.29, 0.717) is 23.7 Å². The van der Waals surface area contributed by atoms with Gasteiger partial charge >= 0.3 is 6.18 Å². The molecule has 1 aromatic heterocycles. The summed E-state index contributed by atoms with van der Waals surface area (Å²) in [6, 6.07) is 10.6. The number of rotatable bonds is 4. The second-order valence-electron chi connectivity index (χ2n) is 7.40. The van der Waals surface area contributed by atoms with Gasteiger partial charge in [0, 0.05) is 47.6 Å². The van der Waals surface area contributed by atoms with Crippen LogP contribution < -0.4 is 0 Å². The molecule has 0 saturated carbocycles. The molecular weight excluding hydrogens is 401 g/mol. The quantitative estimate of drug-likeness (QED) is 0.553. The third-order valence-corrected chi connectivity index (χ3v) is 5.74. The zero-order chi connectivity index (χ0) is 20.6. The van der Waals surface area contributed by atoms with Gasteiger partial charge in [0.1, 0.15) is 0 Å². The van der Waals surface area contributed by atoms with Gasteiger partial charge in [-0.25, -0.2) is 0 Å². The van der Waals surface area contributed by atoms with Crippen LogP contribution in [0.25, 0.3) is 10.9 Å². The van der Waals surface area contributed by atoms with Crippen LogP contribution >= 0.6 is 11.6 Å². The highest BCUT2D eigenvalue weighted by molar-refractivity contribution is 6.31. The lowest BCUT2D eigenvalue weighted by Crippen LogP contribution is -2.29. The molecule has 1 fully saturated rings. The molecule has 0 bridgehead atoms. The summed E-state index contributed by atoms with van der Waals surface area (Å²) >= 11 is 6.15. The number of nitrogens with zero attached hydrogens (tertiary/aromatic N) is 1. The van der Waals surface area contributed by atoms with Crippen LogP contribution in [0.1, 0.15) is 41.9 Å². The zero-order valence-corrected chi connectivity index (χ0v) is 16.4. The highest BCUT2D eigenvalue weighted by Gasteiger charge is 2.32. The molecule has 3 aromatic rings. The molecule has 1 saturated heterocycles. The fraction of sp³-hybridized carbons (Fsp3) is 0.318. The number of fused-ring (bicyclic) bond motifs is 1. The van der Waals surface area contributed by atoms with Crippen LogP contribution in [-0.4, -0.2) is 28.9 Å². The van der Waals surface area contributed by atoms with Crippen molar-refractivity contribution in [3.8, 4) is 0 Å². The van der Waals surface area contributed by atoms with Crippen LogP contribution in [-0.2, 0) is 11.0 Å². The van der Waals surface area contributed by atoms with Gasteiger partial charge in [-0.2, -0.15) is 13.2 Å². The Morgan fingerprint density at radius 2 is 1.90 bits per heavy atom. The molecule has 3 nitrogen and oxygen atoms in total. The van der Waals surface area contributed by atoms with E-state index >= 15 is 0 Å². The molecule has 1 amide bonds. The third-order valence-electron chi connectivity index (χ3n) is 5.51. The van der Waals surface area contributed by atoms with Crippen molar-refractivity contribution in [2.45, 2.75) is 31.4 Å². The van der Waals surface area contributed by atoms with Crippen LogP contribution in [0.4, 0.5) is 13.2 Å². The molecule has 0 radical (unpaired) electrons. The number of alkyl halides is 3. The summed E-state index contributed by atoms with van der Waals surface area (Å²) in [7, 11) is 0. The van der Waals surface area contributed by atoms with Crippen LogP contribution in [0.3, 0.4) is 0 Å². The van der Waals surface area contributed by atoms with Crippen molar-refractivity contribution in [1.82, 2.24) is 9.88 Å². The molecule has 29 heavy (non-hydrogen) atoms. The number of amides is 1. The first-order chi connectivity index (χ1) is 13.8. The van der Waals surface area contributed by atoms with Crippen LogP contribution in [0.15, 0.2) is 48.7 Å². The SMILES string of the molecule is O=C(CC(c1cccc(C(F)(F)F)c1)c1c[nH]c2ccc(Cl)cc12)N1CCCC1. The average molecular weight is 421 g/mol. The number of aromatic nitrogens is 1. The van der Waals surface area contributed by atoms with E-state index in [1.54, 1.807) is 29.3 Å². The van der Waals surface area contributed by atoms with Crippen molar-refractivity contribution in [1.29, 1.82) is 0 Å². The Balaban J connectivity index is 1.78. The monoisotopic (exact) mass is 420 g/mol. The molecule has 1 aliphatic heterocycles. The number of aromatic amines is 1. The number of hydrogen-bond donors (Lipinski definition) is 1. The first kappa shape index (κ1) is 19.8. The lowest BCUT2D eigenvalue weighted by molar-refractivity contribution is -0.137. The lowest BCUT2D eigenvalue weighted by Gasteiger charge is -2.22. The van der Waals surface area contributed by atoms with Crippen LogP contribution in [0.2, 0.25) is 5.02 Å². The maximum Gasteiger partial charge on any atom is 0.416 e. The van der Waals surface area contributed by atoms with Gasteiger partial charge in [0.05, 0.1) is 5.56 Å². The number of benzene rings is 2. The van der Waals surface area contributed by atoms with Crippen LogP contribution in [0, 0.1) is 0 Å². The molecule has 7 heteroatoms. The number of carbonyl (C=O) groups is 1. The standard InChI is InChI=1S/C22H20ClF3N2O/c23-16-6-7-20-18(11-16)19(13-27-20)17(12-21(29)28-8-1-2-9-28)14-4-3-5-15(10-14)22(24,25)26/h3-7,10-11,13,17,27H,1-2,8-9,12H2. The summed E-state index contributed by atoms with van der Waals surface area (Å²) in [5.41, 5.74) is 1.35. The molecular formula is C22H20ClF3N2O. The van der Waals surface area contributed by atoms with Gasteiger partial charge in [0.25, 0.3) is 0 Å². The highest BCUT2D eigenvalue weighted by atomic mass is 35.5. The predicted octanol–water partition coefficient (Wildman–Crippen LogP) is 5.98. The maximum atomic E-state index is 13.3. The largest absolute Gasteiger partial charge is 0.416 e. The lowest BCUT2D eigenvalue weighted by atomic mass is 9.87. The van der Waals surface area contributed by atoms with E-state index in [1.165, 1.54) is 6.07 Å². The van der Waals surface area contributed by atoms with E-state index in [-0.39, 0.29) is 12.3 Å². The predicted molar refractivity (Wildman–Crippen MR) is 107 cm³/mol. The number of nitrogens with one attached hydrogen (secondary N) is 1. The maximum absolute atomic E-state index is 13.3. The third kappa shape index (κ3) is 4.13. The zero-order valence-electron chi connectivity index (χ0n) is 15.6. The van der Waals surface area contributed by atoms with Gasteiger partial charge < -0.3 is 9.88 Å². The number of halogens is 4. The van der Waals surface area contributed by atoms with Gasteiger partial charge in [-0.3, -0.25) is 4.79 Å². The second-order valence-corrected chi connectivity index (χ2v) is 7.84. The Kier molecular flexibility index (Phi) is 5.30. The van der Waals surface area contributed by atoms with E-state index in [4.69, 9.17) is 11.6 Å². The normalized spacial score (nSPS) is 15.8. The smallest absolute Gasteiger partial charge is 0.361 e. The van der Waals surface area contributed by atoms with E-state index < -0.39 is 17.7 Å². The van der Waals surface area contributed by atoms with Crippen molar-refractivity contribution in [2.24, 2.45) is 0 Å². The van der Waals surface area contributed by atoms with Gasteiger partial charge in [-0.1, -0.05) is 29.8 Å². The van der Waals surface area contributed by atoms with Crippen molar-refractivity contribution >= 4 is 28.4 Å². The van der Waals surface area contributed by atoms with Crippen molar-refractivity contribution in [2.75, 3.05) is 13.1 Å². The van der Waals surface area contributed by atoms with E-state index in [2.05, 4.69) is 4.98 Å². The molecule has 0 aliphatic carbocycles. The molecule has 1 unspecified atom stereocenters. The Labute approximate surface area is 171 Å². The number of H-pyrrole nitrogens is 1. The van der Waals surface area contributed by atoms with Gasteiger partial charge in [0.2, 0.25) is 5.91 Å². The Hall–Kier alpha value is -2.47. The topological polar surface area (TPSA) is 36.1 Å². The van der Waals surface area contributed by atoms with Crippen molar-refractivity contribution < 1.29 is 18.0 Å². The molecule has 1 atom stereocenters. The number of carbonyl (C=O) groups excluding carboxylic acids is 1. The number of likely N-dealkylation sites (tertiary alicyclic amines) is 1. The van der Waals surface area contributed by atoms with Gasteiger partial charge in [0.15, 0.2) is 0 Å². The Bertz CT molecular complexity index is 1040. The summed E-state index contributed by atoms with van der Waals surface area (Å²) in [4.78, 5) is 17.8. The van der Waals surface area contributed by atoms with Crippen LogP contribution in [0.5, 0.6) is 0 Å². The van der Waals surface area contributed by atoms with Crippen molar-refractivity contribution in [3.63, 3.8) is 0 Å². The van der Waals surface area contributed by atoms with Gasteiger partial charge in [-0.15, -0.1) is 0 Å². The average Bonchev–Trinajstić information content (AvgIpc) is 3.35. The first-order valence-electron chi connectivity index (χ1n) is 9.54. The molecule has 2 heterocycles. The fourth-order valence-corrected chi connectivity index (χ4v) is 4.18. The first-order valence-corrected chi connectivity index (χ1v) is 9.92. The molecule has 1 N–H and O–H groups in total. The van der Waals surface area contributed by atoms with E-state index in [0.717, 1.165) is 41.4 Å². The second kappa shape index (κ2) is 7.75. The molecule has 1 aliphatic rings. The Morgan fingerprint density at radius 1 is 1.14 bits per heavy atom.